The van der Waals surface area contributed by atoms with Gasteiger partial charge < -0.3 is 4.90 Å². The predicted octanol–water partition coefficient (Wildman–Crippen LogP) is 4.95. The molecule has 3 heterocycles. The standard InChI is InChI=1S/C24H25FN2O2S/c1-5-15-10-18-14(2)12-23(3,4)27-21(18)19(11-15)24(22(27)29)26(20(28)13-30-24)17-8-6-16(25)7-9-17/h6-11,14H,5,12-13H2,1-4H3. The van der Waals surface area contributed by atoms with E-state index in [2.05, 4.69) is 39.8 Å². The number of benzene rings is 2. The average Bonchev–Trinajstić information content (AvgIpc) is 3.17. The van der Waals surface area contributed by atoms with Crippen LogP contribution in [0.5, 0.6) is 0 Å². The van der Waals surface area contributed by atoms with Gasteiger partial charge in [0.15, 0.2) is 0 Å². The molecular formula is C24H25FN2O2S. The first-order chi connectivity index (χ1) is 14.2. The summed E-state index contributed by atoms with van der Waals surface area (Å²) in [5, 5.41) is 0. The molecule has 0 radical (unpaired) electrons. The summed E-state index contributed by atoms with van der Waals surface area (Å²) in [5.41, 5.74) is 4.44. The second-order valence-corrected chi connectivity index (χ2v) is 10.3. The molecule has 1 spiro atoms. The van der Waals surface area contributed by atoms with Crippen molar-refractivity contribution in [1.82, 2.24) is 0 Å². The van der Waals surface area contributed by atoms with Gasteiger partial charge in [0.2, 0.25) is 10.8 Å². The molecule has 0 saturated carbocycles. The van der Waals surface area contributed by atoms with Crippen molar-refractivity contribution >= 4 is 35.0 Å². The summed E-state index contributed by atoms with van der Waals surface area (Å²) in [7, 11) is 0. The smallest absolute Gasteiger partial charge is 0.269 e. The van der Waals surface area contributed by atoms with Crippen molar-refractivity contribution in [3.63, 3.8) is 0 Å². The van der Waals surface area contributed by atoms with Crippen LogP contribution in [-0.4, -0.2) is 23.1 Å². The largest absolute Gasteiger partial charge is 0.303 e. The van der Waals surface area contributed by atoms with Crippen LogP contribution in [0, 0.1) is 5.82 Å². The number of fused-ring (bicyclic) bond motifs is 1. The van der Waals surface area contributed by atoms with E-state index in [-0.39, 0.29) is 28.9 Å². The highest BCUT2D eigenvalue weighted by molar-refractivity contribution is 8.02. The molecule has 3 aliphatic rings. The molecule has 2 atom stereocenters. The third kappa shape index (κ3) is 2.40. The van der Waals surface area contributed by atoms with Gasteiger partial charge in [-0.15, -0.1) is 11.8 Å². The summed E-state index contributed by atoms with van der Waals surface area (Å²) < 4.78 is 13.6. The van der Waals surface area contributed by atoms with Gasteiger partial charge in [-0.3, -0.25) is 14.5 Å². The molecule has 30 heavy (non-hydrogen) atoms. The van der Waals surface area contributed by atoms with Gasteiger partial charge in [0.05, 0.1) is 11.4 Å². The monoisotopic (exact) mass is 424 g/mol. The highest BCUT2D eigenvalue weighted by Gasteiger charge is 2.64. The number of amides is 2. The van der Waals surface area contributed by atoms with E-state index in [0.29, 0.717) is 11.6 Å². The molecule has 6 heteroatoms. The lowest BCUT2D eigenvalue weighted by atomic mass is 9.79. The number of carbonyl (C=O) groups is 2. The zero-order valence-electron chi connectivity index (χ0n) is 17.7. The summed E-state index contributed by atoms with van der Waals surface area (Å²) in [4.78, 5) is 29.7. The zero-order valence-corrected chi connectivity index (χ0v) is 18.5. The fraction of sp³-hybridized carbons (Fsp3) is 0.417. The molecule has 4 nitrogen and oxygen atoms in total. The second kappa shape index (κ2) is 6.33. The highest BCUT2D eigenvalue weighted by Crippen LogP contribution is 2.61. The molecule has 0 aromatic heterocycles. The number of hydrogen-bond acceptors (Lipinski definition) is 3. The molecule has 0 N–H and O–H groups in total. The Labute approximate surface area is 180 Å². The van der Waals surface area contributed by atoms with Crippen molar-refractivity contribution in [2.75, 3.05) is 15.6 Å². The number of anilines is 2. The van der Waals surface area contributed by atoms with Gasteiger partial charge in [-0.25, -0.2) is 4.39 Å². The second-order valence-electron chi connectivity index (χ2n) is 9.13. The van der Waals surface area contributed by atoms with Crippen molar-refractivity contribution in [2.24, 2.45) is 0 Å². The first kappa shape index (κ1) is 19.6. The number of rotatable bonds is 2. The molecule has 156 valence electrons. The van der Waals surface area contributed by atoms with E-state index in [9.17, 15) is 14.0 Å². The fourth-order valence-electron chi connectivity index (χ4n) is 5.45. The van der Waals surface area contributed by atoms with E-state index >= 15 is 0 Å². The zero-order chi connectivity index (χ0) is 21.4. The van der Waals surface area contributed by atoms with E-state index in [0.717, 1.165) is 24.1 Å². The minimum absolute atomic E-state index is 0.0657. The maximum absolute atomic E-state index is 14.2. The maximum Gasteiger partial charge on any atom is 0.269 e. The van der Waals surface area contributed by atoms with Crippen molar-refractivity contribution in [2.45, 2.75) is 56.9 Å². The molecular weight excluding hydrogens is 399 g/mol. The molecule has 0 bridgehead atoms. The third-order valence-electron chi connectivity index (χ3n) is 6.68. The number of carbonyl (C=O) groups excluding carboxylic acids is 2. The normalized spacial score (nSPS) is 26.6. The van der Waals surface area contributed by atoms with Gasteiger partial charge in [-0.2, -0.15) is 0 Å². The predicted molar refractivity (Wildman–Crippen MR) is 118 cm³/mol. The summed E-state index contributed by atoms with van der Waals surface area (Å²) in [6, 6.07) is 10.2. The Morgan fingerprint density at radius 1 is 1.13 bits per heavy atom. The SMILES string of the molecule is CCc1cc2c3c(c1)C1(SCC(=O)N1c1ccc(F)cc1)C(=O)N3C(C)(C)CC2C. The molecule has 2 unspecified atom stereocenters. The van der Waals surface area contributed by atoms with E-state index in [4.69, 9.17) is 0 Å². The number of aryl methyl sites for hydroxylation is 1. The van der Waals surface area contributed by atoms with Crippen molar-refractivity contribution < 1.29 is 14.0 Å². The lowest BCUT2D eigenvalue weighted by Crippen LogP contribution is -2.56. The molecule has 3 aliphatic heterocycles. The minimum Gasteiger partial charge on any atom is -0.303 e. The molecule has 2 amide bonds. The van der Waals surface area contributed by atoms with Crippen LogP contribution in [-0.2, 0) is 20.9 Å². The fourth-order valence-corrected chi connectivity index (χ4v) is 6.77. The van der Waals surface area contributed by atoms with Crippen molar-refractivity contribution in [3.8, 4) is 0 Å². The average molecular weight is 425 g/mol. The molecule has 2 aromatic carbocycles. The highest BCUT2D eigenvalue weighted by atomic mass is 32.2. The lowest BCUT2D eigenvalue weighted by Gasteiger charge is -2.44. The summed E-state index contributed by atoms with van der Waals surface area (Å²) in [6.07, 6.45) is 1.72. The van der Waals surface area contributed by atoms with Crippen LogP contribution in [0.1, 0.15) is 56.7 Å². The Hall–Kier alpha value is -2.34. The molecule has 1 saturated heterocycles. The van der Waals surface area contributed by atoms with Crippen molar-refractivity contribution in [1.29, 1.82) is 0 Å². The first-order valence-electron chi connectivity index (χ1n) is 10.4. The van der Waals surface area contributed by atoms with E-state index in [1.807, 2.05) is 4.90 Å². The molecule has 0 aliphatic carbocycles. The quantitative estimate of drug-likeness (QED) is 0.685. The molecule has 1 fully saturated rings. The van der Waals surface area contributed by atoms with E-state index < -0.39 is 4.87 Å². The van der Waals surface area contributed by atoms with Crippen molar-refractivity contribution in [3.05, 3.63) is 58.9 Å². The summed E-state index contributed by atoms with van der Waals surface area (Å²) >= 11 is 1.39. The number of thioether (sulfide) groups is 1. The van der Waals surface area contributed by atoms with Crippen LogP contribution in [0.15, 0.2) is 36.4 Å². The van der Waals surface area contributed by atoms with Crippen LogP contribution in [0.25, 0.3) is 0 Å². The Bertz CT molecular complexity index is 1080. The summed E-state index contributed by atoms with van der Waals surface area (Å²) in [6.45, 7) is 8.53. The van der Waals surface area contributed by atoms with Crippen LogP contribution in [0.3, 0.4) is 0 Å². The van der Waals surface area contributed by atoms with Crippen LogP contribution < -0.4 is 9.80 Å². The van der Waals surface area contributed by atoms with Gasteiger partial charge in [0.1, 0.15) is 5.82 Å². The lowest BCUT2D eigenvalue weighted by molar-refractivity contribution is -0.124. The first-order valence-corrected chi connectivity index (χ1v) is 11.4. The molecule has 2 aromatic rings. The molecule has 5 rings (SSSR count). The van der Waals surface area contributed by atoms with Gasteiger partial charge >= 0.3 is 0 Å². The maximum atomic E-state index is 14.2. The third-order valence-corrected chi connectivity index (χ3v) is 8.07. The van der Waals surface area contributed by atoms with Gasteiger partial charge in [-0.1, -0.05) is 19.9 Å². The minimum atomic E-state index is -1.13. The van der Waals surface area contributed by atoms with Gasteiger partial charge in [0, 0.05) is 16.8 Å². The number of nitrogens with zero attached hydrogens (tertiary/aromatic N) is 2. The van der Waals surface area contributed by atoms with Crippen LogP contribution in [0.4, 0.5) is 15.8 Å². The number of hydrogen-bond donors (Lipinski definition) is 0. The van der Waals surface area contributed by atoms with E-state index in [1.165, 1.54) is 35.0 Å². The van der Waals surface area contributed by atoms with Gasteiger partial charge in [0.25, 0.3) is 5.91 Å². The summed E-state index contributed by atoms with van der Waals surface area (Å²) in [5.74, 6) is -0.0144. The van der Waals surface area contributed by atoms with Crippen LogP contribution in [0.2, 0.25) is 0 Å². The Kier molecular flexibility index (Phi) is 4.14. The Morgan fingerprint density at radius 2 is 1.83 bits per heavy atom. The van der Waals surface area contributed by atoms with Gasteiger partial charge in [-0.05, 0) is 74.1 Å². The Balaban J connectivity index is 1.81. The number of halogens is 1. The van der Waals surface area contributed by atoms with E-state index in [1.54, 1.807) is 17.0 Å². The topological polar surface area (TPSA) is 40.6 Å². The van der Waals surface area contributed by atoms with Crippen LogP contribution >= 0.6 is 11.8 Å². The Morgan fingerprint density at radius 3 is 2.50 bits per heavy atom.